The molecule has 0 atom stereocenters. The van der Waals surface area contributed by atoms with Crippen LogP contribution >= 0.6 is 24.7 Å². The Bertz CT molecular complexity index is 45.5. The van der Waals surface area contributed by atoms with Gasteiger partial charge in [0, 0.05) is 50.3 Å². The molecule has 0 rings (SSSR count). The average Bonchev–Trinajstić information content (AvgIpc) is 1.60. The number of hydrogen-bond acceptors (Lipinski definition) is 1. The molecule has 0 aromatic heterocycles. The molecule has 13 heavy (non-hydrogen) atoms. The van der Waals surface area contributed by atoms with Crippen molar-refractivity contribution >= 4 is 24.7 Å². The van der Waals surface area contributed by atoms with Crippen LogP contribution in [-0.4, -0.2) is 51.5 Å². The van der Waals surface area contributed by atoms with E-state index in [9.17, 15) is 0 Å². The molecule has 0 fully saturated rings. The molecule has 84 valence electrons. The Kier molecular flexibility index (Phi) is 66.7. The first kappa shape index (κ1) is 29.6. The van der Waals surface area contributed by atoms with Gasteiger partial charge in [0.25, 0.3) is 0 Å². The average molecular weight is 584 g/mol. The second kappa shape index (κ2) is 29.3. The van der Waals surface area contributed by atoms with Gasteiger partial charge in [-0.25, -0.2) is 0 Å². The van der Waals surface area contributed by atoms with Crippen LogP contribution in [0.1, 0.15) is 0 Å². The summed E-state index contributed by atoms with van der Waals surface area (Å²) in [5.41, 5.74) is 0. The van der Waals surface area contributed by atoms with Crippen LogP contribution in [0.5, 0.6) is 0 Å². The van der Waals surface area contributed by atoms with Crippen molar-refractivity contribution in [2.75, 3.05) is 46.7 Å². The van der Waals surface area contributed by atoms with Gasteiger partial charge in [0.15, 0.2) is 0 Å². The van der Waals surface area contributed by atoms with Gasteiger partial charge in [-0.3, -0.25) is 0 Å². The van der Waals surface area contributed by atoms with Crippen molar-refractivity contribution in [2.45, 2.75) is 0 Å². The fourth-order valence-electron chi connectivity index (χ4n) is 0. The van der Waals surface area contributed by atoms with Crippen molar-refractivity contribution in [3.8, 4) is 0 Å². The van der Waals surface area contributed by atoms with Crippen molar-refractivity contribution < 1.29 is 47.0 Å². The molecule has 0 amide bonds. The molecule has 0 heterocycles. The maximum atomic E-state index is 8.12. The van der Waals surface area contributed by atoms with Crippen molar-refractivity contribution in [3.63, 3.8) is 0 Å². The van der Waals surface area contributed by atoms with E-state index < -0.39 is 8.15 Å². The Morgan fingerprint density at radius 1 is 0.846 bits per heavy atom. The molecular formula is C7H23OP3W2. The second-order valence-electron chi connectivity index (χ2n) is 2.69. The Hall–Kier alpha value is 2.63. The van der Waals surface area contributed by atoms with E-state index in [-0.39, 0.29) is 42.1 Å². The predicted octanol–water partition coefficient (Wildman–Crippen LogP) is 2.91. The van der Waals surface area contributed by atoms with Crippen molar-refractivity contribution in [2.24, 2.45) is 0 Å². The zero-order valence-corrected chi connectivity index (χ0v) is 18.3. The van der Waals surface area contributed by atoms with Crippen LogP contribution < -0.4 is 0 Å². The maximum absolute atomic E-state index is 8.12. The molecular weight excluding hydrogens is 561 g/mol. The van der Waals surface area contributed by atoms with Gasteiger partial charge in [-0.2, -0.15) is 0 Å². The van der Waals surface area contributed by atoms with Gasteiger partial charge in [0.2, 0.25) is 0 Å². The molecule has 1 N–H and O–H groups in total. The summed E-state index contributed by atoms with van der Waals surface area (Å²) < 4.78 is 0. The molecule has 0 unspecified atom stereocenters. The van der Waals surface area contributed by atoms with Crippen LogP contribution in [0.3, 0.4) is 0 Å². The molecule has 0 aliphatic heterocycles. The molecule has 0 aliphatic carbocycles. The zero-order valence-electron chi connectivity index (χ0n) is 9.66. The van der Waals surface area contributed by atoms with E-state index in [0.717, 1.165) is 8.58 Å². The van der Waals surface area contributed by atoms with Crippen LogP contribution in [0.4, 0.5) is 0 Å². The van der Waals surface area contributed by atoms with E-state index in [4.69, 9.17) is 4.89 Å². The summed E-state index contributed by atoms with van der Waals surface area (Å²) in [7, 11) is 0.843. The number of hydrogen-bond donors (Lipinski definition) is 1. The minimum Gasteiger partial charge on any atom is -0.374 e. The van der Waals surface area contributed by atoms with Gasteiger partial charge < -0.3 is 4.89 Å². The predicted molar refractivity (Wildman–Crippen MR) is 65.8 cm³/mol. The first-order chi connectivity index (χ1) is 4.88. The summed E-state index contributed by atoms with van der Waals surface area (Å²) >= 11 is 0. The van der Waals surface area contributed by atoms with Crippen LogP contribution in [-0.2, 0) is 42.1 Å². The van der Waals surface area contributed by atoms with Crippen molar-refractivity contribution in [1.82, 2.24) is 0 Å². The molecule has 0 saturated carbocycles. The van der Waals surface area contributed by atoms with Crippen LogP contribution in [0.2, 0.25) is 0 Å². The normalized spacial score (nSPS) is 6.92. The molecule has 0 aromatic carbocycles. The van der Waals surface area contributed by atoms with Crippen LogP contribution in [0, 0.1) is 0 Å². The number of rotatable bonds is 0. The van der Waals surface area contributed by atoms with E-state index in [1.807, 2.05) is 0 Å². The Balaban J connectivity index is -0.0000000231. The maximum Gasteiger partial charge on any atom is 0.0187 e. The van der Waals surface area contributed by atoms with E-state index in [1.165, 1.54) is 0 Å². The smallest absolute Gasteiger partial charge is 0.0187 e. The van der Waals surface area contributed by atoms with Gasteiger partial charge in [-0.15, -0.1) is 16.5 Å². The quantitative estimate of drug-likeness (QED) is 0.435. The molecule has 6 heteroatoms. The SMILES string of the molecule is CP(C)C.CP(C)O.CPC.[W].[W]. The van der Waals surface area contributed by atoms with Gasteiger partial charge in [-0.05, 0) is 46.7 Å². The first-order valence-electron chi connectivity index (χ1n) is 3.44. The Labute approximate surface area is 118 Å². The fraction of sp³-hybridized carbons (Fsp3) is 1.00. The minimum absolute atomic E-state index is 0. The zero-order chi connectivity index (χ0) is 9.86. The van der Waals surface area contributed by atoms with Crippen molar-refractivity contribution in [1.29, 1.82) is 0 Å². The summed E-state index contributed by atoms with van der Waals surface area (Å²) in [5.74, 6) is 0. The Morgan fingerprint density at radius 3 is 0.846 bits per heavy atom. The summed E-state index contributed by atoms with van der Waals surface area (Å²) in [6, 6.07) is 0. The largest absolute Gasteiger partial charge is 0.374 e. The third-order valence-electron chi connectivity index (χ3n) is 0. The van der Waals surface area contributed by atoms with Gasteiger partial charge in [-0.1, -0.05) is 0 Å². The first-order valence-corrected chi connectivity index (χ1v) is 10.3. The topological polar surface area (TPSA) is 20.2 Å². The van der Waals surface area contributed by atoms with E-state index in [1.54, 1.807) is 13.3 Å². The van der Waals surface area contributed by atoms with Gasteiger partial charge in [0.05, 0.1) is 0 Å². The third-order valence-corrected chi connectivity index (χ3v) is 0. The van der Waals surface area contributed by atoms with Crippen molar-refractivity contribution in [3.05, 3.63) is 0 Å². The molecule has 1 nitrogen and oxygen atoms in total. The Morgan fingerprint density at radius 2 is 0.846 bits per heavy atom. The van der Waals surface area contributed by atoms with Crippen LogP contribution in [0.15, 0.2) is 0 Å². The minimum atomic E-state index is -0.620. The summed E-state index contributed by atoms with van der Waals surface area (Å²) in [6.07, 6.45) is 0. The fourth-order valence-corrected chi connectivity index (χ4v) is 0. The third kappa shape index (κ3) is 338. The second-order valence-corrected chi connectivity index (χ2v) is 8.07. The van der Waals surface area contributed by atoms with E-state index in [2.05, 4.69) is 33.3 Å². The summed E-state index contributed by atoms with van der Waals surface area (Å²) in [5, 5.41) is 0. The monoisotopic (exact) mass is 584 g/mol. The van der Waals surface area contributed by atoms with E-state index >= 15 is 0 Å². The summed E-state index contributed by atoms with van der Waals surface area (Å²) in [6.45, 7) is 14.6. The molecule has 0 aromatic rings. The molecule has 0 radical (unpaired) electrons. The standard InChI is InChI=1S/C3H9P.C2H7OP.C2H7P.2W/c2*1-4(2)3;1-3-2;;/h1-3H3;3H,1-2H3;3H,1-2H3;;. The van der Waals surface area contributed by atoms with Gasteiger partial charge >= 0.3 is 0 Å². The summed E-state index contributed by atoms with van der Waals surface area (Å²) in [4.78, 5) is 8.12. The van der Waals surface area contributed by atoms with Crippen LogP contribution in [0.25, 0.3) is 0 Å². The molecule has 0 saturated heterocycles. The molecule has 0 aliphatic rings. The van der Waals surface area contributed by atoms with Gasteiger partial charge in [0.1, 0.15) is 0 Å². The van der Waals surface area contributed by atoms with E-state index in [0.29, 0.717) is 7.92 Å². The molecule has 0 spiro atoms. The molecule has 0 bridgehead atoms.